The van der Waals surface area contributed by atoms with Gasteiger partial charge in [0.25, 0.3) is 12.3 Å². The average molecular weight is 316 g/mol. The van der Waals surface area contributed by atoms with E-state index in [-0.39, 0.29) is 3.70 Å². The van der Waals surface area contributed by atoms with Crippen LogP contribution in [-0.4, -0.2) is 10.9 Å². The predicted octanol–water partition coefficient (Wildman–Crippen LogP) is 1.86. The number of nitrogens with zero attached hydrogens (tertiary/aromatic N) is 1. The molecule has 2 N–H and O–H groups in total. The number of hydrogen-bond acceptors (Lipinski definition) is 2. The third-order valence-corrected chi connectivity index (χ3v) is 1.98. The van der Waals surface area contributed by atoms with E-state index in [1.165, 1.54) is 0 Å². The number of amides is 1. The number of pyridine rings is 1. The molecule has 3 nitrogen and oxygen atoms in total. The van der Waals surface area contributed by atoms with E-state index in [2.05, 4.69) is 4.98 Å². The Bertz CT molecular complexity index is 383. The molecule has 0 aliphatic carbocycles. The predicted molar refractivity (Wildman–Crippen MR) is 50.4 cm³/mol. The molecule has 0 fully saturated rings. The lowest BCUT2D eigenvalue weighted by Crippen LogP contribution is -2.18. The van der Waals surface area contributed by atoms with Gasteiger partial charge in [-0.1, -0.05) is 0 Å². The summed E-state index contributed by atoms with van der Waals surface area (Å²) in [6, 6.07) is 0.814. The van der Waals surface area contributed by atoms with Crippen LogP contribution in [0.4, 0.5) is 13.2 Å². The van der Waals surface area contributed by atoms with Crippen molar-refractivity contribution in [2.75, 3.05) is 0 Å². The first-order valence-corrected chi connectivity index (χ1v) is 4.45. The van der Waals surface area contributed by atoms with Crippen LogP contribution in [-0.2, 0) is 0 Å². The number of rotatable bonds is 2. The zero-order valence-electron chi connectivity index (χ0n) is 6.60. The molecule has 1 heterocycles. The van der Waals surface area contributed by atoms with Crippen LogP contribution in [0.5, 0.6) is 0 Å². The van der Waals surface area contributed by atoms with Gasteiger partial charge >= 0.3 is 0 Å². The van der Waals surface area contributed by atoms with Gasteiger partial charge in [-0.25, -0.2) is 18.2 Å². The summed E-state index contributed by atoms with van der Waals surface area (Å²) >= 11 is 1.60. The van der Waals surface area contributed by atoms with Gasteiger partial charge in [-0.3, -0.25) is 4.79 Å². The van der Waals surface area contributed by atoms with E-state index in [9.17, 15) is 18.0 Å². The zero-order chi connectivity index (χ0) is 10.9. The minimum Gasteiger partial charge on any atom is -0.364 e. The largest absolute Gasteiger partial charge is 0.364 e. The Morgan fingerprint density at radius 1 is 1.57 bits per heavy atom. The molecule has 0 aromatic carbocycles. The molecule has 76 valence electrons. The first-order valence-electron chi connectivity index (χ1n) is 3.37. The molecule has 0 unspecified atom stereocenters. The fraction of sp³-hybridized carbons (Fsp3) is 0.143. The summed E-state index contributed by atoms with van der Waals surface area (Å²) in [6.07, 6.45) is -3.11. The smallest absolute Gasteiger partial charge is 0.268 e. The second-order valence-corrected chi connectivity index (χ2v) is 3.46. The van der Waals surface area contributed by atoms with Gasteiger partial charge in [0.05, 0.1) is 5.56 Å². The molecule has 0 aliphatic heterocycles. The molecular weight excluding hydrogens is 312 g/mol. The minimum atomic E-state index is -3.11. The Morgan fingerprint density at radius 2 is 2.14 bits per heavy atom. The van der Waals surface area contributed by atoms with Crippen LogP contribution in [0.3, 0.4) is 0 Å². The van der Waals surface area contributed by atoms with Crippen LogP contribution in [0.2, 0.25) is 0 Å². The first kappa shape index (κ1) is 11.2. The van der Waals surface area contributed by atoms with E-state index in [0.717, 1.165) is 6.07 Å². The van der Waals surface area contributed by atoms with Crippen LogP contribution >= 0.6 is 22.6 Å². The van der Waals surface area contributed by atoms with E-state index < -0.39 is 29.4 Å². The molecule has 0 saturated heterocycles. The topological polar surface area (TPSA) is 56.0 Å². The number of primary amides is 1. The molecule has 0 radical (unpaired) electrons. The number of carbonyl (C=O) groups excluding carboxylic acids is 1. The fourth-order valence-corrected chi connectivity index (χ4v) is 1.40. The van der Waals surface area contributed by atoms with Gasteiger partial charge in [0, 0.05) is 6.07 Å². The molecule has 14 heavy (non-hydrogen) atoms. The third-order valence-electron chi connectivity index (χ3n) is 1.43. The zero-order valence-corrected chi connectivity index (χ0v) is 8.76. The minimum absolute atomic E-state index is 0.0956. The normalized spacial score (nSPS) is 10.6. The summed E-state index contributed by atoms with van der Waals surface area (Å²) in [7, 11) is 0. The Kier molecular flexibility index (Phi) is 3.29. The second-order valence-electron chi connectivity index (χ2n) is 2.35. The molecule has 0 atom stereocenters. The van der Waals surface area contributed by atoms with Gasteiger partial charge < -0.3 is 5.73 Å². The van der Waals surface area contributed by atoms with Crippen molar-refractivity contribution >= 4 is 28.5 Å². The SMILES string of the molecule is NC(=O)c1nc(I)cc(F)c1C(F)F. The first-order chi connectivity index (χ1) is 6.43. The van der Waals surface area contributed by atoms with Crippen LogP contribution < -0.4 is 5.73 Å². The maximum absolute atomic E-state index is 13.0. The van der Waals surface area contributed by atoms with Crippen molar-refractivity contribution in [3.8, 4) is 0 Å². The van der Waals surface area contributed by atoms with E-state index in [1.807, 2.05) is 0 Å². The van der Waals surface area contributed by atoms with E-state index in [0.29, 0.717) is 0 Å². The summed E-state index contributed by atoms with van der Waals surface area (Å²) in [5.74, 6) is -2.34. The fourth-order valence-electron chi connectivity index (χ4n) is 0.890. The lowest BCUT2D eigenvalue weighted by molar-refractivity contribution is 0.0976. The van der Waals surface area contributed by atoms with Crippen molar-refractivity contribution < 1.29 is 18.0 Å². The van der Waals surface area contributed by atoms with Crippen molar-refractivity contribution in [1.29, 1.82) is 0 Å². The van der Waals surface area contributed by atoms with E-state index in [1.54, 1.807) is 22.6 Å². The van der Waals surface area contributed by atoms with Crippen molar-refractivity contribution in [2.24, 2.45) is 5.73 Å². The molecule has 0 aliphatic rings. The summed E-state index contributed by atoms with van der Waals surface area (Å²) in [4.78, 5) is 14.1. The van der Waals surface area contributed by atoms with Crippen molar-refractivity contribution in [3.05, 3.63) is 26.8 Å². The summed E-state index contributed by atoms with van der Waals surface area (Å²) in [6.45, 7) is 0. The van der Waals surface area contributed by atoms with Crippen LogP contribution in [0.15, 0.2) is 6.07 Å². The molecule has 0 spiro atoms. The molecule has 0 bridgehead atoms. The van der Waals surface area contributed by atoms with Gasteiger partial charge in [-0.15, -0.1) is 0 Å². The molecule has 1 aromatic heterocycles. The Hall–Kier alpha value is -0.860. The number of nitrogens with two attached hydrogens (primary N) is 1. The van der Waals surface area contributed by atoms with Crippen molar-refractivity contribution in [1.82, 2.24) is 4.98 Å². The number of aromatic nitrogens is 1. The van der Waals surface area contributed by atoms with Gasteiger partial charge in [-0.2, -0.15) is 0 Å². The third kappa shape index (κ3) is 2.14. The van der Waals surface area contributed by atoms with Crippen LogP contribution in [0.1, 0.15) is 22.5 Å². The maximum Gasteiger partial charge on any atom is 0.268 e. The van der Waals surface area contributed by atoms with Crippen LogP contribution in [0, 0.1) is 9.52 Å². The molecule has 0 saturated carbocycles. The lowest BCUT2D eigenvalue weighted by Gasteiger charge is -2.06. The summed E-state index contributed by atoms with van der Waals surface area (Å²) in [5, 5.41) is 0. The molecule has 1 aromatic rings. The summed E-state index contributed by atoms with van der Waals surface area (Å²) < 4.78 is 37.7. The monoisotopic (exact) mass is 316 g/mol. The van der Waals surface area contributed by atoms with Crippen molar-refractivity contribution in [2.45, 2.75) is 6.43 Å². The Labute approximate surface area is 90.6 Å². The highest BCUT2D eigenvalue weighted by atomic mass is 127. The van der Waals surface area contributed by atoms with Gasteiger partial charge in [0.1, 0.15) is 15.2 Å². The average Bonchev–Trinajstić information content (AvgIpc) is 2.01. The highest BCUT2D eigenvalue weighted by molar-refractivity contribution is 14.1. The van der Waals surface area contributed by atoms with Crippen molar-refractivity contribution in [3.63, 3.8) is 0 Å². The van der Waals surface area contributed by atoms with Crippen LogP contribution in [0.25, 0.3) is 0 Å². The Balaban J connectivity index is 3.44. The maximum atomic E-state index is 13.0. The van der Waals surface area contributed by atoms with E-state index >= 15 is 0 Å². The highest BCUT2D eigenvalue weighted by Crippen LogP contribution is 2.25. The van der Waals surface area contributed by atoms with Gasteiger partial charge in [-0.05, 0) is 22.6 Å². The number of halogens is 4. The lowest BCUT2D eigenvalue weighted by atomic mass is 10.2. The second kappa shape index (κ2) is 4.11. The molecular formula is C7H4F3IN2O. The van der Waals surface area contributed by atoms with E-state index in [4.69, 9.17) is 5.73 Å². The standard InChI is InChI=1S/C7H4F3IN2O/c8-2-1-3(11)13-5(7(12)14)4(2)6(9)10/h1,6H,(H2,12,14). The number of alkyl halides is 2. The molecule has 7 heteroatoms. The van der Waals surface area contributed by atoms with Gasteiger partial charge in [0.2, 0.25) is 0 Å². The summed E-state index contributed by atoms with van der Waals surface area (Å²) in [5.41, 5.74) is 3.02. The quantitative estimate of drug-likeness (QED) is 0.669. The number of hydrogen-bond donors (Lipinski definition) is 1. The molecule has 1 amide bonds. The number of carbonyl (C=O) groups is 1. The van der Waals surface area contributed by atoms with Gasteiger partial charge in [0.15, 0.2) is 0 Å². The Morgan fingerprint density at radius 3 is 2.57 bits per heavy atom. The highest BCUT2D eigenvalue weighted by Gasteiger charge is 2.23. The molecule has 1 rings (SSSR count).